The maximum atomic E-state index is 13.5. The van der Waals surface area contributed by atoms with Crippen molar-refractivity contribution in [2.45, 2.75) is 0 Å². The number of benzene rings is 2. The van der Waals surface area contributed by atoms with E-state index in [0.717, 1.165) is 17.0 Å². The van der Waals surface area contributed by atoms with Gasteiger partial charge in [-0.2, -0.15) is 0 Å². The Morgan fingerprint density at radius 2 is 1.61 bits per heavy atom. The van der Waals surface area contributed by atoms with Gasteiger partial charge in [0.1, 0.15) is 11.6 Å². The Hall–Kier alpha value is -3.09. The Morgan fingerprint density at radius 1 is 1.00 bits per heavy atom. The summed E-state index contributed by atoms with van der Waals surface area (Å²) in [6.45, 7) is -0.651. The molecule has 0 atom stereocenters. The molecule has 3 rings (SSSR count). The zero-order valence-corrected chi connectivity index (χ0v) is 11.6. The van der Waals surface area contributed by atoms with Crippen LogP contribution in [-0.2, 0) is 4.74 Å². The van der Waals surface area contributed by atoms with Crippen LogP contribution in [0.15, 0.2) is 42.5 Å². The minimum Gasteiger partial charge on any atom is -0.440 e. The van der Waals surface area contributed by atoms with Gasteiger partial charge >= 0.3 is 5.97 Å². The van der Waals surface area contributed by atoms with Crippen molar-refractivity contribution in [1.82, 2.24) is 4.90 Å². The number of esters is 1. The van der Waals surface area contributed by atoms with Crippen LogP contribution in [0.2, 0.25) is 0 Å². The Labute approximate surface area is 129 Å². The highest BCUT2D eigenvalue weighted by Gasteiger charge is 2.35. The molecule has 0 N–H and O–H groups in total. The minimum atomic E-state index is -1.10. The van der Waals surface area contributed by atoms with Crippen LogP contribution in [-0.4, -0.2) is 29.4 Å². The molecule has 23 heavy (non-hydrogen) atoms. The number of carbonyl (C=O) groups excluding carboxylic acids is 3. The predicted octanol–water partition coefficient (Wildman–Crippen LogP) is 2.38. The molecule has 0 unspecified atom stereocenters. The molecule has 0 saturated carbocycles. The largest absolute Gasteiger partial charge is 0.440 e. The first-order valence-corrected chi connectivity index (χ1v) is 6.56. The highest BCUT2D eigenvalue weighted by molar-refractivity contribution is 6.21. The summed E-state index contributed by atoms with van der Waals surface area (Å²) in [5.74, 6) is -4.22. The van der Waals surface area contributed by atoms with E-state index in [1.165, 1.54) is 12.1 Å². The maximum absolute atomic E-state index is 13.5. The fourth-order valence-electron chi connectivity index (χ4n) is 2.21. The Kier molecular flexibility index (Phi) is 3.61. The van der Waals surface area contributed by atoms with Crippen molar-refractivity contribution in [2.75, 3.05) is 6.73 Å². The molecule has 2 aromatic rings. The molecule has 0 aliphatic carbocycles. The number of nitrogens with zero attached hydrogens (tertiary/aromatic N) is 1. The van der Waals surface area contributed by atoms with Crippen molar-refractivity contribution in [3.63, 3.8) is 0 Å². The van der Waals surface area contributed by atoms with Gasteiger partial charge in [-0.1, -0.05) is 12.1 Å². The number of carbonyl (C=O) groups is 3. The van der Waals surface area contributed by atoms with Crippen molar-refractivity contribution in [3.8, 4) is 0 Å². The number of hydrogen-bond acceptors (Lipinski definition) is 4. The third-order valence-electron chi connectivity index (χ3n) is 3.35. The number of amides is 2. The van der Waals surface area contributed by atoms with Gasteiger partial charge in [0.2, 0.25) is 0 Å². The van der Waals surface area contributed by atoms with Crippen LogP contribution in [0, 0.1) is 11.6 Å². The topological polar surface area (TPSA) is 63.7 Å². The highest BCUT2D eigenvalue weighted by atomic mass is 19.1. The molecule has 1 heterocycles. The molecule has 2 amide bonds. The molecule has 1 aliphatic heterocycles. The first kappa shape index (κ1) is 14.8. The minimum absolute atomic E-state index is 0.210. The van der Waals surface area contributed by atoms with E-state index < -0.39 is 41.7 Å². The Morgan fingerprint density at radius 3 is 2.17 bits per heavy atom. The van der Waals surface area contributed by atoms with Crippen LogP contribution < -0.4 is 0 Å². The first-order valence-electron chi connectivity index (χ1n) is 6.56. The zero-order valence-electron chi connectivity index (χ0n) is 11.6. The zero-order chi connectivity index (χ0) is 16.6. The SMILES string of the molecule is O=C(OCN1C(=O)c2ccccc2C1=O)c1ccc(F)cc1F. The van der Waals surface area contributed by atoms with E-state index in [0.29, 0.717) is 6.07 Å². The second-order valence-electron chi connectivity index (χ2n) is 4.77. The number of ether oxygens (including phenoxy) is 1. The van der Waals surface area contributed by atoms with Crippen LogP contribution in [0.25, 0.3) is 0 Å². The monoisotopic (exact) mass is 317 g/mol. The predicted molar refractivity (Wildman–Crippen MR) is 73.6 cm³/mol. The third kappa shape index (κ3) is 2.57. The van der Waals surface area contributed by atoms with Gasteiger partial charge in [0.15, 0.2) is 6.73 Å². The van der Waals surface area contributed by atoms with Crippen molar-refractivity contribution < 1.29 is 27.9 Å². The number of halogens is 2. The van der Waals surface area contributed by atoms with E-state index in [9.17, 15) is 23.2 Å². The lowest BCUT2D eigenvalue weighted by atomic mass is 10.1. The average molecular weight is 317 g/mol. The molecule has 0 bridgehead atoms. The van der Waals surface area contributed by atoms with Crippen molar-refractivity contribution in [3.05, 3.63) is 70.8 Å². The number of hydrogen-bond donors (Lipinski definition) is 0. The molecule has 5 nitrogen and oxygen atoms in total. The molecular weight excluding hydrogens is 308 g/mol. The lowest BCUT2D eigenvalue weighted by molar-refractivity contribution is 0.0225. The van der Waals surface area contributed by atoms with E-state index in [-0.39, 0.29) is 11.1 Å². The normalized spacial score (nSPS) is 13.2. The van der Waals surface area contributed by atoms with Crippen LogP contribution in [0.3, 0.4) is 0 Å². The van der Waals surface area contributed by atoms with Crippen molar-refractivity contribution >= 4 is 17.8 Å². The molecule has 7 heteroatoms. The molecule has 116 valence electrons. The van der Waals surface area contributed by atoms with Crippen LogP contribution >= 0.6 is 0 Å². The van der Waals surface area contributed by atoms with E-state index in [1.807, 2.05) is 0 Å². The fourth-order valence-corrected chi connectivity index (χ4v) is 2.21. The van der Waals surface area contributed by atoms with Gasteiger partial charge in [-0.25, -0.2) is 18.5 Å². The lowest BCUT2D eigenvalue weighted by Gasteiger charge is -2.14. The molecule has 0 saturated heterocycles. The van der Waals surface area contributed by atoms with Gasteiger partial charge in [0.25, 0.3) is 11.8 Å². The van der Waals surface area contributed by atoms with Crippen LogP contribution in [0.5, 0.6) is 0 Å². The van der Waals surface area contributed by atoms with E-state index in [1.54, 1.807) is 12.1 Å². The van der Waals surface area contributed by atoms with Crippen molar-refractivity contribution in [1.29, 1.82) is 0 Å². The molecule has 0 fully saturated rings. The van der Waals surface area contributed by atoms with Crippen molar-refractivity contribution in [2.24, 2.45) is 0 Å². The quantitative estimate of drug-likeness (QED) is 0.644. The Balaban J connectivity index is 1.73. The maximum Gasteiger partial charge on any atom is 0.342 e. The summed E-state index contributed by atoms with van der Waals surface area (Å²) >= 11 is 0. The summed E-state index contributed by atoms with van der Waals surface area (Å²) in [4.78, 5) is 36.6. The van der Waals surface area contributed by atoms with Gasteiger partial charge in [-0.05, 0) is 24.3 Å². The summed E-state index contributed by atoms with van der Waals surface area (Å²) in [5.41, 5.74) is -0.0639. The molecule has 2 aromatic carbocycles. The summed E-state index contributed by atoms with van der Waals surface area (Å²) in [6, 6.07) is 8.55. The molecule has 0 spiro atoms. The lowest BCUT2D eigenvalue weighted by Crippen LogP contribution is -2.33. The average Bonchev–Trinajstić information content (AvgIpc) is 2.77. The highest BCUT2D eigenvalue weighted by Crippen LogP contribution is 2.22. The van der Waals surface area contributed by atoms with E-state index in [4.69, 9.17) is 4.74 Å². The van der Waals surface area contributed by atoms with E-state index >= 15 is 0 Å². The summed E-state index contributed by atoms with van der Waals surface area (Å²) in [6.07, 6.45) is 0. The third-order valence-corrected chi connectivity index (χ3v) is 3.35. The van der Waals surface area contributed by atoms with Gasteiger partial charge in [-0.15, -0.1) is 0 Å². The first-order chi connectivity index (χ1) is 11.0. The van der Waals surface area contributed by atoms with Gasteiger partial charge in [0.05, 0.1) is 16.7 Å². The number of imide groups is 1. The smallest absolute Gasteiger partial charge is 0.342 e. The fraction of sp³-hybridized carbons (Fsp3) is 0.0625. The number of fused-ring (bicyclic) bond motifs is 1. The number of rotatable bonds is 3. The summed E-state index contributed by atoms with van der Waals surface area (Å²) in [5, 5.41) is 0. The van der Waals surface area contributed by atoms with Crippen LogP contribution in [0.1, 0.15) is 31.1 Å². The van der Waals surface area contributed by atoms with Gasteiger partial charge in [-0.3, -0.25) is 9.59 Å². The molecule has 1 aliphatic rings. The molecule has 0 radical (unpaired) electrons. The Bertz CT molecular complexity index is 800. The standard InChI is InChI=1S/C16H9F2NO4/c17-9-5-6-12(13(18)7-9)16(22)23-8-19-14(20)10-3-1-2-4-11(10)15(19)21/h1-7H,8H2. The second-order valence-corrected chi connectivity index (χ2v) is 4.77. The van der Waals surface area contributed by atoms with Gasteiger partial charge < -0.3 is 4.74 Å². The summed E-state index contributed by atoms with van der Waals surface area (Å²) in [7, 11) is 0. The van der Waals surface area contributed by atoms with Crippen LogP contribution in [0.4, 0.5) is 8.78 Å². The van der Waals surface area contributed by atoms with E-state index in [2.05, 4.69) is 0 Å². The van der Waals surface area contributed by atoms with Gasteiger partial charge in [0, 0.05) is 6.07 Å². The second kappa shape index (κ2) is 5.60. The molecular formula is C16H9F2NO4. The molecule has 0 aromatic heterocycles. The summed E-state index contributed by atoms with van der Waals surface area (Å²) < 4.78 is 31.1.